The Kier molecular flexibility index (Phi) is 3.50. The molecule has 0 saturated heterocycles. The molecular weight excluding hydrogens is 232 g/mol. The number of phenols is 2. The first kappa shape index (κ1) is 12.4. The molecule has 2 rings (SSSR count). The first-order valence-corrected chi connectivity index (χ1v) is 5.52. The van der Waals surface area contributed by atoms with Crippen molar-refractivity contribution in [1.82, 2.24) is 0 Å². The molecule has 0 aliphatic rings. The minimum absolute atomic E-state index is 0.0583. The van der Waals surface area contributed by atoms with Gasteiger partial charge in [0.1, 0.15) is 11.5 Å². The smallest absolute Gasteiger partial charge is 0.182 e. The van der Waals surface area contributed by atoms with E-state index in [9.17, 15) is 10.2 Å². The molecule has 0 radical (unpaired) electrons. The number of rotatable bonds is 3. The normalized spacial score (nSPS) is 10.8. The third-order valence-corrected chi connectivity index (χ3v) is 2.76. The first-order chi connectivity index (χ1) is 8.58. The fourth-order valence-electron chi connectivity index (χ4n) is 1.80. The molecule has 18 heavy (non-hydrogen) atoms. The number of phenolic OH excluding ortho intramolecular Hbond substituents is 2. The highest BCUT2D eigenvalue weighted by atomic mass is 16.5. The minimum atomic E-state index is -1.71. The van der Waals surface area contributed by atoms with Crippen LogP contribution in [0.2, 0.25) is 0 Å². The van der Waals surface area contributed by atoms with Crippen LogP contribution in [-0.4, -0.2) is 20.4 Å². The maximum Gasteiger partial charge on any atom is 0.182 e. The Bertz CT molecular complexity index is 549. The van der Waals surface area contributed by atoms with Crippen LogP contribution in [0.3, 0.4) is 0 Å². The molecule has 0 atom stereocenters. The molecule has 2 aromatic carbocycles. The highest BCUT2D eigenvalue weighted by Gasteiger charge is 2.10. The van der Waals surface area contributed by atoms with E-state index < -0.39 is 6.29 Å². The van der Waals surface area contributed by atoms with Gasteiger partial charge in [-0.05, 0) is 29.3 Å². The summed E-state index contributed by atoms with van der Waals surface area (Å²) in [6.07, 6.45) is -1.26. The zero-order valence-corrected chi connectivity index (χ0v) is 9.61. The van der Waals surface area contributed by atoms with Crippen LogP contribution in [0, 0.1) is 0 Å². The fourth-order valence-corrected chi connectivity index (χ4v) is 1.80. The number of aromatic hydroxyl groups is 2. The van der Waals surface area contributed by atoms with Gasteiger partial charge in [0, 0.05) is 12.0 Å². The van der Waals surface area contributed by atoms with Crippen molar-refractivity contribution in [3.8, 4) is 11.5 Å². The fraction of sp³-hybridized carbons (Fsp3) is 0.143. The minimum Gasteiger partial charge on any atom is -0.508 e. The van der Waals surface area contributed by atoms with Crippen molar-refractivity contribution >= 4 is 0 Å². The van der Waals surface area contributed by atoms with Crippen LogP contribution in [0.15, 0.2) is 42.5 Å². The topological polar surface area (TPSA) is 80.9 Å². The van der Waals surface area contributed by atoms with Crippen molar-refractivity contribution in [2.45, 2.75) is 12.7 Å². The number of hydrogen-bond donors (Lipinski definition) is 4. The van der Waals surface area contributed by atoms with Gasteiger partial charge in [-0.1, -0.05) is 24.3 Å². The zero-order valence-electron chi connectivity index (χ0n) is 9.61. The third kappa shape index (κ3) is 2.61. The summed E-state index contributed by atoms with van der Waals surface area (Å²) in [5.41, 5.74) is 1.57. The predicted octanol–water partition coefficient (Wildman–Crippen LogP) is 1.67. The summed E-state index contributed by atoms with van der Waals surface area (Å²) in [4.78, 5) is 0. The lowest BCUT2D eigenvalue weighted by Gasteiger charge is -2.10. The largest absolute Gasteiger partial charge is 0.508 e. The summed E-state index contributed by atoms with van der Waals surface area (Å²) in [5, 5.41) is 37.3. The molecule has 0 fully saturated rings. The molecule has 0 amide bonds. The Balaban J connectivity index is 2.30. The molecule has 94 valence electrons. The number of hydrogen-bond acceptors (Lipinski definition) is 4. The summed E-state index contributed by atoms with van der Waals surface area (Å²) in [7, 11) is 0. The quantitative estimate of drug-likeness (QED) is 0.621. The maximum atomic E-state index is 9.66. The van der Waals surface area contributed by atoms with Crippen LogP contribution in [0.25, 0.3) is 0 Å². The molecular formula is C14H14O4. The van der Waals surface area contributed by atoms with Gasteiger partial charge in [-0.3, -0.25) is 0 Å². The van der Waals surface area contributed by atoms with Crippen LogP contribution in [-0.2, 0) is 6.42 Å². The zero-order chi connectivity index (χ0) is 13.1. The van der Waals surface area contributed by atoms with E-state index in [0.717, 1.165) is 11.1 Å². The van der Waals surface area contributed by atoms with Gasteiger partial charge in [0.2, 0.25) is 0 Å². The van der Waals surface area contributed by atoms with Gasteiger partial charge in [0.25, 0.3) is 0 Å². The average Bonchev–Trinajstić information content (AvgIpc) is 2.34. The van der Waals surface area contributed by atoms with Gasteiger partial charge >= 0.3 is 0 Å². The lowest BCUT2D eigenvalue weighted by Crippen LogP contribution is -1.97. The molecule has 0 spiro atoms. The van der Waals surface area contributed by atoms with Crippen LogP contribution >= 0.6 is 0 Å². The Morgan fingerprint density at radius 2 is 1.61 bits per heavy atom. The Labute approximate surface area is 104 Å². The molecule has 4 heteroatoms. The van der Waals surface area contributed by atoms with Crippen molar-refractivity contribution in [3.05, 3.63) is 59.2 Å². The highest BCUT2D eigenvalue weighted by Crippen LogP contribution is 2.26. The monoisotopic (exact) mass is 246 g/mol. The first-order valence-electron chi connectivity index (χ1n) is 5.52. The van der Waals surface area contributed by atoms with Gasteiger partial charge in [0.15, 0.2) is 6.29 Å². The molecule has 2 aromatic rings. The van der Waals surface area contributed by atoms with Crippen LogP contribution in [0.5, 0.6) is 11.5 Å². The lowest BCUT2D eigenvalue weighted by molar-refractivity contribution is -0.0439. The second-order valence-corrected chi connectivity index (χ2v) is 4.07. The molecule has 0 aliphatic carbocycles. The van der Waals surface area contributed by atoms with E-state index in [4.69, 9.17) is 10.2 Å². The van der Waals surface area contributed by atoms with Gasteiger partial charge in [0.05, 0.1) is 0 Å². The van der Waals surface area contributed by atoms with Gasteiger partial charge < -0.3 is 20.4 Å². The van der Waals surface area contributed by atoms with E-state index in [1.165, 1.54) is 12.1 Å². The summed E-state index contributed by atoms with van der Waals surface area (Å²) in [6.45, 7) is 0. The number of aliphatic hydroxyl groups excluding tert-OH is 1. The summed E-state index contributed by atoms with van der Waals surface area (Å²) < 4.78 is 0. The molecule has 0 saturated carbocycles. The number of benzene rings is 2. The van der Waals surface area contributed by atoms with Gasteiger partial charge in [-0.2, -0.15) is 0 Å². The number of aliphatic hydroxyl groups is 2. The summed E-state index contributed by atoms with van der Waals surface area (Å²) >= 11 is 0. The third-order valence-electron chi connectivity index (χ3n) is 2.76. The molecule has 4 N–H and O–H groups in total. The molecule has 0 heterocycles. The van der Waals surface area contributed by atoms with Crippen molar-refractivity contribution in [2.24, 2.45) is 0 Å². The van der Waals surface area contributed by atoms with Gasteiger partial charge in [-0.25, -0.2) is 0 Å². The maximum absolute atomic E-state index is 9.66. The standard InChI is InChI=1S/C14H14O4/c15-12-4-2-1-3-10(12)7-9-5-6-13(16)11(8-9)14(17)18/h1-6,8,14-18H,7H2. The second-order valence-electron chi connectivity index (χ2n) is 4.07. The van der Waals surface area contributed by atoms with E-state index >= 15 is 0 Å². The van der Waals surface area contributed by atoms with Crippen molar-refractivity contribution in [3.63, 3.8) is 0 Å². The summed E-state index contributed by atoms with van der Waals surface area (Å²) in [5.74, 6) is 0.0303. The van der Waals surface area contributed by atoms with Crippen LogP contribution in [0.1, 0.15) is 23.0 Å². The summed E-state index contributed by atoms with van der Waals surface area (Å²) in [6, 6.07) is 11.5. The van der Waals surface area contributed by atoms with E-state index in [0.29, 0.717) is 6.42 Å². The lowest BCUT2D eigenvalue weighted by atomic mass is 10.0. The molecule has 0 unspecified atom stereocenters. The Morgan fingerprint density at radius 1 is 0.889 bits per heavy atom. The van der Waals surface area contributed by atoms with E-state index in [1.54, 1.807) is 24.3 Å². The SMILES string of the molecule is Oc1ccccc1Cc1ccc(O)c(C(O)O)c1. The molecule has 0 aliphatic heterocycles. The molecule has 0 aromatic heterocycles. The highest BCUT2D eigenvalue weighted by molar-refractivity contribution is 5.41. The second kappa shape index (κ2) is 5.08. The van der Waals surface area contributed by atoms with Crippen LogP contribution < -0.4 is 0 Å². The van der Waals surface area contributed by atoms with Crippen molar-refractivity contribution in [2.75, 3.05) is 0 Å². The van der Waals surface area contributed by atoms with E-state index in [-0.39, 0.29) is 17.1 Å². The van der Waals surface area contributed by atoms with E-state index in [2.05, 4.69) is 0 Å². The van der Waals surface area contributed by atoms with Gasteiger partial charge in [-0.15, -0.1) is 0 Å². The Morgan fingerprint density at radius 3 is 2.28 bits per heavy atom. The Hall–Kier alpha value is -2.04. The van der Waals surface area contributed by atoms with Crippen molar-refractivity contribution in [1.29, 1.82) is 0 Å². The van der Waals surface area contributed by atoms with Crippen molar-refractivity contribution < 1.29 is 20.4 Å². The molecule has 4 nitrogen and oxygen atoms in total. The van der Waals surface area contributed by atoms with E-state index in [1.807, 2.05) is 6.07 Å². The average molecular weight is 246 g/mol. The predicted molar refractivity (Wildman–Crippen MR) is 66.2 cm³/mol. The number of para-hydroxylation sites is 1. The van der Waals surface area contributed by atoms with Crippen LogP contribution in [0.4, 0.5) is 0 Å². The molecule has 0 bridgehead atoms.